The van der Waals surface area contributed by atoms with E-state index >= 15 is 0 Å². The molecule has 21 heavy (non-hydrogen) atoms. The first-order chi connectivity index (χ1) is 9.93. The van der Waals surface area contributed by atoms with Crippen molar-refractivity contribution in [2.45, 2.75) is 44.2 Å². The molecule has 8 heteroatoms. The summed E-state index contributed by atoms with van der Waals surface area (Å²) in [5.74, 6) is 0. The predicted octanol–water partition coefficient (Wildman–Crippen LogP) is 0.292. The largest absolute Gasteiger partial charge is 0.394 e. The van der Waals surface area contributed by atoms with Crippen LogP contribution >= 0.6 is 0 Å². The van der Waals surface area contributed by atoms with E-state index in [-0.39, 0.29) is 17.5 Å². The van der Waals surface area contributed by atoms with Gasteiger partial charge in [0.15, 0.2) is 0 Å². The summed E-state index contributed by atoms with van der Waals surface area (Å²) in [4.78, 5) is 0.263. The maximum absolute atomic E-state index is 12.9. The van der Waals surface area contributed by atoms with Gasteiger partial charge in [0.25, 0.3) is 0 Å². The van der Waals surface area contributed by atoms with E-state index in [1.165, 1.54) is 4.31 Å². The molecule has 0 radical (unpaired) electrons. The Hall–Kier alpha value is -0.960. The standard InChI is InChI=1S/C13H23N3O4S/c1-10-13(11(2)15(14-10)6-8-17)21(18,19)16(7-9-20-3)12-4-5-12/h12,17H,4-9H2,1-3H3. The van der Waals surface area contributed by atoms with Crippen LogP contribution in [0.15, 0.2) is 4.90 Å². The molecule has 0 aromatic carbocycles. The highest BCUT2D eigenvalue weighted by Crippen LogP contribution is 2.33. The average Bonchev–Trinajstić information content (AvgIpc) is 3.18. The molecular weight excluding hydrogens is 294 g/mol. The Labute approximate surface area is 125 Å². The van der Waals surface area contributed by atoms with Crippen LogP contribution < -0.4 is 0 Å². The minimum absolute atomic E-state index is 0.0720. The predicted molar refractivity (Wildman–Crippen MR) is 77.6 cm³/mol. The smallest absolute Gasteiger partial charge is 0.247 e. The lowest BCUT2D eigenvalue weighted by atomic mass is 10.4. The number of ether oxygens (including phenoxy) is 1. The van der Waals surface area contributed by atoms with Crippen LogP contribution in [0.2, 0.25) is 0 Å². The second kappa shape index (κ2) is 6.43. The summed E-state index contributed by atoms with van der Waals surface area (Å²) in [5, 5.41) is 13.3. The third-order valence-corrected chi connectivity index (χ3v) is 5.87. The van der Waals surface area contributed by atoms with Crippen molar-refractivity contribution in [3.63, 3.8) is 0 Å². The van der Waals surface area contributed by atoms with E-state index in [0.717, 1.165) is 12.8 Å². The highest BCUT2D eigenvalue weighted by molar-refractivity contribution is 7.89. The molecule has 1 aromatic rings. The number of nitrogens with zero attached hydrogens (tertiary/aromatic N) is 3. The van der Waals surface area contributed by atoms with E-state index in [4.69, 9.17) is 9.84 Å². The van der Waals surface area contributed by atoms with E-state index in [9.17, 15) is 8.42 Å². The van der Waals surface area contributed by atoms with Crippen LogP contribution in [0.25, 0.3) is 0 Å². The zero-order valence-corrected chi connectivity index (χ0v) is 13.6. The average molecular weight is 317 g/mol. The Bertz CT molecular complexity index is 593. The molecule has 120 valence electrons. The molecule has 1 fully saturated rings. The van der Waals surface area contributed by atoms with Gasteiger partial charge in [-0.2, -0.15) is 9.40 Å². The van der Waals surface area contributed by atoms with Crippen LogP contribution in [-0.4, -0.2) is 60.5 Å². The van der Waals surface area contributed by atoms with Crippen LogP contribution in [0.3, 0.4) is 0 Å². The first-order valence-corrected chi connectivity index (χ1v) is 8.53. The van der Waals surface area contributed by atoms with Crippen LogP contribution in [0, 0.1) is 13.8 Å². The normalized spacial score (nSPS) is 15.9. The Morgan fingerprint density at radius 2 is 2.10 bits per heavy atom. The summed E-state index contributed by atoms with van der Waals surface area (Å²) in [5.41, 5.74) is 1.05. The second-order valence-electron chi connectivity index (χ2n) is 5.29. The molecule has 0 amide bonds. The van der Waals surface area contributed by atoms with Crippen molar-refractivity contribution in [3.05, 3.63) is 11.4 Å². The van der Waals surface area contributed by atoms with Gasteiger partial charge >= 0.3 is 0 Å². The van der Waals surface area contributed by atoms with E-state index < -0.39 is 10.0 Å². The minimum Gasteiger partial charge on any atom is -0.394 e. The Morgan fingerprint density at radius 1 is 1.43 bits per heavy atom. The van der Waals surface area contributed by atoms with Crippen molar-refractivity contribution in [3.8, 4) is 0 Å². The van der Waals surface area contributed by atoms with Gasteiger partial charge in [-0.3, -0.25) is 4.68 Å². The first kappa shape index (κ1) is 16.4. The molecule has 0 bridgehead atoms. The number of rotatable bonds is 8. The van der Waals surface area contributed by atoms with Gasteiger partial charge in [-0.05, 0) is 26.7 Å². The van der Waals surface area contributed by atoms with Gasteiger partial charge in [0.1, 0.15) is 4.90 Å². The number of sulfonamides is 1. The number of aliphatic hydroxyl groups is 1. The fourth-order valence-electron chi connectivity index (χ4n) is 2.53. The molecule has 1 heterocycles. The first-order valence-electron chi connectivity index (χ1n) is 7.09. The lowest BCUT2D eigenvalue weighted by Gasteiger charge is -2.21. The lowest BCUT2D eigenvalue weighted by molar-refractivity contribution is 0.177. The molecule has 1 saturated carbocycles. The molecule has 0 aliphatic heterocycles. The van der Waals surface area contributed by atoms with Gasteiger partial charge in [-0.1, -0.05) is 0 Å². The maximum atomic E-state index is 12.9. The fourth-order valence-corrected chi connectivity index (χ4v) is 4.57. The third-order valence-electron chi connectivity index (χ3n) is 3.66. The molecule has 2 rings (SSSR count). The summed E-state index contributed by atoms with van der Waals surface area (Å²) in [6, 6.07) is 0.0742. The fraction of sp³-hybridized carbons (Fsp3) is 0.769. The maximum Gasteiger partial charge on any atom is 0.247 e. The molecule has 1 aliphatic carbocycles. The Kier molecular flexibility index (Phi) is 5.03. The van der Waals surface area contributed by atoms with Crippen LogP contribution in [0.4, 0.5) is 0 Å². The van der Waals surface area contributed by atoms with E-state index in [1.54, 1.807) is 25.6 Å². The molecule has 0 atom stereocenters. The molecule has 1 aliphatic rings. The molecule has 7 nitrogen and oxygen atoms in total. The van der Waals surface area contributed by atoms with Gasteiger partial charge in [0.2, 0.25) is 10.0 Å². The number of aryl methyl sites for hydroxylation is 1. The molecule has 0 spiro atoms. The molecule has 0 saturated heterocycles. The molecule has 1 N–H and O–H groups in total. The summed E-state index contributed by atoms with van der Waals surface area (Å²) in [6.07, 6.45) is 1.79. The summed E-state index contributed by atoms with van der Waals surface area (Å²) in [7, 11) is -2.02. The van der Waals surface area contributed by atoms with Crippen molar-refractivity contribution in [2.24, 2.45) is 0 Å². The van der Waals surface area contributed by atoms with E-state index in [1.807, 2.05) is 0 Å². The van der Waals surface area contributed by atoms with Crippen LogP contribution in [0.1, 0.15) is 24.2 Å². The van der Waals surface area contributed by atoms with Gasteiger partial charge in [-0.15, -0.1) is 0 Å². The van der Waals surface area contributed by atoms with E-state index in [0.29, 0.717) is 31.1 Å². The third kappa shape index (κ3) is 3.28. The number of aliphatic hydroxyl groups excluding tert-OH is 1. The monoisotopic (exact) mass is 317 g/mol. The molecular formula is C13H23N3O4S. The summed E-state index contributed by atoms with van der Waals surface area (Å²) in [6.45, 7) is 4.37. The number of aromatic nitrogens is 2. The summed E-state index contributed by atoms with van der Waals surface area (Å²) >= 11 is 0. The van der Waals surface area contributed by atoms with Gasteiger partial charge in [-0.25, -0.2) is 8.42 Å². The van der Waals surface area contributed by atoms with Gasteiger partial charge in [0, 0.05) is 19.7 Å². The zero-order valence-electron chi connectivity index (χ0n) is 12.7. The van der Waals surface area contributed by atoms with Crippen molar-refractivity contribution < 1.29 is 18.3 Å². The number of hydrogen-bond donors (Lipinski definition) is 1. The zero-order chi connectivity index (χ0) is 15.6. The topological polar surface area (TPSA) is 84.7 Å². The van der Waals surface area contributed by atoms with Gasteiger partial charge in [0.05, 0.1) is 31.1 Å². The van der Waals surface area contributed by atoms with Gasteiger partial charge < -0.3 is 9.84 Å². The second-order valence-corrected chi connectivity index (χ2v) is 7.11. The van der Waals surface area contributed by atoms with Crippen LogP contribution in [0.5, 0.6) is 0 Å². The lowest BCUT2D eigenvalue weighted by Crippen LogP contribution is -2.36. The highest BCUT2D eigenvalue weighted by Gasteiger charge is 2.40. The minimum atomic E-state index is -3.58. The highest BCUT2D eigenvalue weighted by atomic mass is 32.2. The van der Waals surface area contributed by atoms with Crippen molar-refractivity contribution >= 4 is 10.0 Å². The molecule has 1 aromatic heterocycles. The number of hydrogen-bond acceptors (Lipinski definition) is 5. The SMILES string of the molecule is COCCN(C1CC1)S(=O)(=O)c1c(C)nn(CCO)c1C. The Morgan fingerprint density at radius 3 is 2.62 bits per heavy atom. The quantitative estimate of drug-likeness (QED) is 0.745. The summed E-state index contributed by atoms with van der Waals surface area (Å²) < 4.78 is 34.0. The van der Waals surface area contributed by atoms with Crippen molar-refractivity contribution in [1.29, 1.82) is 0 Å². The van der Waals surface area contributed by atoms with Crippen molar-refractivity contribution in [1.82, 2.24) is 14.1 Å². The molecule has 0 unspecified atom stereocenters. The number of methoxy groups -OCH3 is 1. The van der Waals surface area contributed by atoms with E-state index in [2.05, 4.69) is 5.10 Å². The van der Waals surface area contributed by atoms with Crippen LogP contribution in [-0.2, 0) is 21.3 Å². The Balaban J connectivity index is 2.37. The van der Waals surface area contributed by atoms with Crippen molar-refractivity contribution in [2.75, 3.05) is 26.9 Å².